The van der Waals surface area contributed by atoms with Crippen LogP contribution in [0, 0.1) is 5.92 Å². The van der Waals surface area contributed by atoms with E-state index in [4.69, 9.17) is 14.2 Å². The third-order valence-electron chi connectivity index (χ3n) is 7.74. The third-order valence-corrected chi connectivity index (χ3v) is 7.74. The largest absolute Gasteiger partial charge is 0.502 e. The molecule has 1 aliphatic carbocycles. The smallest absolute Gasteiger partial charge is 0.104 e. The Morgan fingerprint density at radius 1 is 0.812 bits per heavy atom. The van der Waals surface area contributed by atoms with Crippen LogP contribution in [0.5, 0.6) is 0 Å². The first-order chi connectivity index (χ1) is 15.8. The van der Waals surface area contributed by atoms with Crippen molar-refractivity contribution in [2.24, 2.45) is 5.92 Å². The minimum atomic E-state index is 0.119. The molecule has 2 rings (SSSR count). The molecule has 3 nitrogen and oxygen atoms in total. The molecule has 3 heteroatoms. The summed E-state index contributed by atoms with van der Waals surface area (Å²) in [6, 6.07) is 0. The second-order valence-electron chi connectivity index (χ2n) is 10.4. The van der Waals surface area contributed by atoms with Gasteiger partial charge in [0.25, 0.3) is 0 Å². The Morgan fingerprint density at radius 2 is 1.38 bits per heavy atom. The Morgan fingerprint density at radius 3 is 1.94 bits per heavy atom. The van der Waals surface area contributed by atoms with Gasteiger partial charge in [-0.15, -0.1) is 0 Å². The van der Waals surface area contributed by atoms with Gasteiger partial charge in [-0.05, 0) is 38.0 Å². The number of hydrogen-bond donors (Lipinski definition) is 0. The first-order valence-electron chi connectivity index (χ1n) is 14.3. The van der Waals surface area contributed by atoms with E-state index in [-0.39, 0.29) is 5.60 Å². The van der Waals surface area contributed by atoms with Crippen LogP contribution in [0.2, 0.25) is 0 Å². The predicted molar refractivity (Wildman–Crippen MR) is 136 cm³/mol. The second-order valence-corrected chi connectivity index (χ2v) is 10.4. The van der Waals surface area contributed by atoms with Gasteiger partial charge < -0.3 is 14.2 Å². The summed E-state index contributed by atoms with van der Waals surface area (Å²) < 4.78 is 17.6. The van der Waals surface area contributed by atoms with Crippen LogP contribution in [0.3, 0.4) is 0 Å². The predicted octanol–water partition coefficient (Wildman–Crippen LogP) is 8.75. The highest BCUT2D eigenvalue weighted by Crippen LogP contribution is 2.42. The summed E-state index contributed by atoms with van der Waals surface area (Å²) in [6.07, 6.45) is 28.9. The van der Waals surface area contributed by atoms with Crippen molar-refractivity contribution in [3.05, 3.63) is 12.8 Å². The van der Waals surface area contributed by atoms with Gasteiger partial charge in [0.15, 0.2) is 0 Å². The Bertz CT molecular complexity index is 442. The zero-order chi connectivity index (χ0) is 22.7. The van der Waals surface area contributed by atoms with Crippen molar-refractivity contribution in [1.29, 1.82) is 0 Å². The molecule has 0 spiro atoms. The van der Waals surface area contributed by atoms with Gasteiger partial charge in [-0.2, -0.15) is 0 Å². The van der Waals surface area contributed by atoms with Gasteiger partial charge in [0.05, 0.1) is 31.7 Å². The van der Waals surface area contributed by atoms with Crippen molar-refractivity contribution < 1.29 is 14.2 Å². The van der Waals surface area contributed by atoms with E-state index in [0.29, 0.717) is 6.10 Å². The molecule has 1 saturated heterocycles. The maximum atomic E-state index is 6.86. The van der Waals surface area contributed by atoms with E-state index in [0.717, 1.165) is 32.2 Å². The average molecular weight is 451 g/mol. The molecule has 2 atom stereocenters. The Hall–Kier alpha value is -0.540. The quantitative estimate of drug-likeness (QED) is 0.0938. The molecule has 0 aromatic carbocycles. The summed E-state index contributed by atoms with van der Waals surface area (Å²) in [5.41, 5.74) is 0.119. The SMILES string of the molecule is C=COCCCCCCCCC(CCCCCCCCC)(OCC1CO1)C1CCCCC1. The molecule has 0 bridgehead atoms. The van der Waals surface area contributed by atoms with Crippen LogP contribution >= 0.6 is 0 Å². The molecule has 188 valence electrons. The molecule has 32 heavy (non-hydrogen) atoms. The number of hydrogen-bond acceptors (Lipinski definition) is 3. The molecule has 2 fully saturated rings. The standard InChI is InChI=1S/C29H54O3/c1-3-5-6-7-8-11-17-22-29(32-26-28-25-31-28,27-20-15-14-16-21-27)23-18-12-9-10-13-19-24-30-4-2/h4,27-28H,2-3,5-26H2,1H3. The fraction of sp³-hybridized carbons (Fsp3) is 0.931. The van der Waals surface area contributed by atoms with Crippen LogP contribution in [0.15, 0.2) is 12.8 Å². The minimum Gasteiger partial charge on any atom is -0.502 e. The van der Waals surface area contributed by atoms with Crippen molar-refractivity contribution in [3.63, 3.8) is 0 Å². The van der Waals surface area contributed by atoms with E-state index in [1.165, 1.54) is 122 Å². The van der Waals surface area contributed by atoms with Gasteiger partial charge in [-0.25, -0.2) is 0 Å². The lowest BCUT2D eigenvalue weighted by Crippen LogP contribution is -2.43. The molecular weight excluding hydrogens is 396 g/mol. The minimum absolute atomic E-state index is 0.119. The van der Waals surface area contributed by atoms with Crippen molar-refractivity contribution in [3.8, 4) is 0 Å². The van der Waals surface area contributed by atoms with Crippen molar-refractivity contribution >= 4 is 0 Å². The van der Waals surface area contributed by atoms with Crippen molar-refractivity contribution in [2.75, 3.05) is 19.8 Å². The van der Waals surface area contributed by atoms with Crippen LogP contribution in [-0.4, -0.2) is 31.5 Å². The maximum Gasteiger partial charge on any atom is 0.104 e. The van der Waals surface area contributed by atoms with Crippen LogP contribution in [-0.2, 0) is 14.2 Å². The molecule has 1 heterocycles. The monoisotopic (exact) mass is 450 g/mol. The van der Waals surface area contributed by atoms with Crippen molar-refractivity contribution in [1.82, 2.24) is 0 Å². The van der Waals surface area contributed by atoms with Crippen molar-refractivity contribution in [2.45, 2.75) is 147 Å². The zero-order valence-electron chi connectivity index (χ0n) is 21.4. The highest BCUT2D eigenvalue weighted by atomic mass is 16.6. The summed E-state index contributed by atoms with van der Waals surface area (Å²) >= 11 is 0. The molecule has 0 aromatic rings. The summed E-state index contributed by atoms with van der Waals surface area (Å²) in [5.74, 6) is 0.770. The lowest BCUT2D eigenvalue weighted by atomic mass is 9.71. The lowest BCUT2D eigenvalue weighted by Gasteiger charge is -2.43. The van der Waals surface area contributed by atoms with E-state index < -0.39 is 0 Å². The first kappa shape index (κ1) is 27.7. The molecule has 0 amide bonds. The summed E-state index contributed by atoms with van der Waals surface area (Å²) in [7, 11) is 0. The Balaban J connectivity index is 1.79. The fourth-order valence-electron chi connectivity index (χ4n) is 5.63. The fourth-order valence-corrected chi connectivity index (χ4v) is 5.63. The van der Waals surface area contributed by atoms with Gasteiger partial charge in [-0.1, -0.05) is 110 Å². The maximum absolute atomic E-state index is 6.86. The van der Waals surface area contributed by atoms with Gasteiger partial charge in [-0.3, -0.25) is 0 Å². The molecule has 1 saturated carbocycles. The van der Waals surface area contributed by atoms with Gasteiger partial charge in [0.2, 0.25) is 0 Å². The molecule has 0 N–H and O–H groups in total. The topological polar surface area (TPSA) is 31.0 Å². The van der Waals surface area contributed by atoms with E-state index >= 15 is 0 Å². The highest BCUT2D eigenvalue weighted by Gasteiger charge is 2.40. The summed E-state index contributed by atoms with van der Waals surface area (Å²) in [6.45, 7) is 8.48. The van der Waals surface area contributed by atoms with Crippen LogP contribution in [0.25, 0.3) is 0 Å². The molecule has 2 unspecified atom stereocenters. The van der Waals surface area contributed by atoms with E-state index in [1.54, 1.807) is 6.26 Å². The van der Waals surface area contributed by atoms with Gasteiger partial charge in [0, 0.05) is 0 Å². The van der Waals surface area contributed by atoms with Crippen LogP contribution in [0.1, 0.15) is 135 Å². The number of ether oxygens (including phenoxy) is 3. The van der Waals surface area contributed by atoms with E-state index in [9.17, 15) is 0 Å². The average Bonchev–Trinajstić information content (AvgIpc) is 3.65. The molecule has 1 aliphatic heterocycles. The number of epoxide rings is 1. The first-order valence-corrected chi connectivity index (χ1v) is 14.3. The number of unbranched alkanes of at least 4 members (excludes halogenated alkanes) is 11. The molecule has 0 aromatic heterocycles. The van der Waals surface area contributed by atoms with Crippen LogP contribution < -0.4 is 0 Å². The Kier molecular flexibility index (Phi) is 15.5. The van der Waals surface area contributed by atoms with Gasteiger partial charge in [0.1, 0.15) is 6.10 Å². The van der Waals surface area contributed by atoms with E-state index in [1.807, 2.05) is 0 Å². The second kappa shape index (κ2) is 17.9. The Labute approximate surface area is 200 Å². The summed E-state index contributed by atoms with van der Waals surface area (Å²) in [4.78, 5) is 0. The normalized spacial score (nSPS) is 20.7. The zero-order valence-corrected chi connectivity index (χ0v) is 21.4. The lowest BCUT2D eigenvalue weighted by molar-refractivity contribution is -0.114. The molecular formula is C29H54O3. The molecule has 2 aliphatic rings. The number of rotatable bonds is 22. The highest BCUT2D eigenvalue weighted by molar-refractivity contribution is 4.91. The van der Waals surface area contributed by atoms with Crippen LogP contribution in [0.4, 0.5) is 0 Å². The van der Waals surface area contributed by atoms with E-state index in [2.05, 4.69) is 13.5 Å². The van der Waals surface area contributed by atoms with Gasteiger partial charge >= 0.3 is 0 Å². The third kappa shape index (κ3) is 12.1. The molecule has 0 radical (unpaired) electrons. The summed E-state index contributed by atoms with van der Waals surface area (Å²) in [5, 5.41) is 0.